The monoisotopic (exact) mass is 437 g/mol. The number of hydrogen-bond donors (Lipinski definition) is 1. The van der Waals surface area contributed by atoms with E-state index in [0.717, 1.165) is 10.0 Å². The van der Waals surface area contributed by atoms with E-state index in [-0.39, 0.29) is 18.0 Å². The zero-order chi connectivity index (χ0) is 18.9. The maximum Gasteiger partial charge on any atom is 0.315 e. The summed E-state index contributed by atoms with van der Waals surface area (Å²) in [4.78, 5) is 12.9. The van der Waals surface area contributed by atoms with Crippen LogP contribution in [0.2, 0.25) is 0 Å². The zero-order valence-electron chi connectivity index (χ0n) is 14.3. The van der Waals surface area contributed by atoms with Gasteiger partial charge in [0.15, 0.2) is 9.84 Å². The summed E-state index contributed by atoms with van der Waals surface area (Å²) in [5.41, 5.74) is 5.44. The molecule has 1 saturated carbocycles. The summed E-state index contributed by atoms with van der Waals surface area (Å²) in [5.74, 6) is -1.09. The molecule has 26 heavy (non-hydrogen) atoms. The summed E-state index contributed by atoms with van der Waals surface area (Å²) in [7, 11) is -3.75. The van der Waals surface area contributed by atoms with Gasteiger partial charge in [0, 0.05) is 16.9 Å². The van der Waals surface area contributed by atoms with Crippen molar-refractivity contribution in [2.24, 2.45) is 11.1 Å². The molecule has 2 aromatic rings. The van der Waals surface area contributed by atoms with E-state index in [1.165, 1.54) is 0 Å². The highest BCUT2D eigenvalue weighted by Gasteiger charge is 2.75. The fourth-order valence-corrected chi connectivity index (χ4v) is 6.26. The van der Waals surface area contributed by atoms with Crippen LogP contribution in [-0.4, -0.2) is 32.8 Å². The topological polar surface area (TPSA) is 86.5 Å². The lowest BCUT2D eigenvalue weighted by atomic mass is 9.99. The Morgan fingerprint density at radius 3 is 2.31 bits per heavy atom. The van der Waals surface area contributed by atoms with Crippen molar-refractivity contribution in [1.82, 2.24) is 0 Å². The number of benzene rings is 2. The van der Waals surface area contributed by atoms with Gasteiger partial charge in [0.2, 0.25) is 0 Å². The Morgan fingerprint density at radius 1 is 1.15 bits per heavy atom. The van der Waals surface area contributed by atoms with Crippen molar-refractivity contribution in [3.63, 3.8) is 0 Å². The summed E-state index contributed by atoms with van der Waals surface area (Å²) in [6.07, 6.45) is 0. The third-order valence-electron chi connectivity index (χ3n) is 4.88. The molecular weight excluding hydrogens is 418 g/mol. The first-order valence-electron chi connectivity index (χ1n) is 8.31. The van der Waals surface area contributed by atoms with Gasteiger partial charge in [-0.25, -0.2) is 8.42 Å². The van der Waals surface area contributed by atoms with E-state index in [9.17, 15) is 13.2 Å². The Bertz CT molecular complexity index is 899. The van der Waals surface area contributed by atoms with Gasteiger partial charge in [-0.05, 0) is 36.8 Å². The van der Waals surface area contributed by atoms with E-state index in [1.807, 2.05) is 24.3 Å². The van der Waals surface area contributed by atoms with Gasteiger partial charge in [-0.1, -0.05) is 46.3 Å². The van der Waals surface area contributed by atoms with Crippen LogP contribution in [0.5, 0.6) is 0 Å². The van der Waals surface area contributed by atoms with Gasteiger partial charge in [-0.15, -0.1) is 0 Å². The fraction of sp³-hybridized carbons (Fsp3) is 0.316. The Hall–Kier alpha value is -1.70. The predicted octanol–water partition coefficient (Wildman–Crippen LogP) is 2.90. The number of carbonyl (C=O) groups is 1. The number of nitrogens with two attached hydrogens (primary N) is 1. The molecule has 0 aromatic heterocycles. The van der Waals surface area contributed by atoms with E-state index in [0.29, 0.717) is 0 Å². The van der Waals surface area contributed by atoms with Crippen LogP contribution in [0.25, 0.3) is 0 Å². The number of halogens is 1. The molecule has 0 amide bonds. The van der Waals surface area contributed by atoms with E-state index >= 15 is 0 Å². The van der Waals surface area contributed by atoms with Crippen molar-refractivity contribution in [2.75, 3.05) is 13.2 Å². The number of sulfone groups is 1. The smallest absolute Gasteiger partial charge is 0.315 e. The van der Waals surface area contributed by atoms with Gasteiger partial charge < -0.3 is 10.5 Å². The summed E-state index contributed by atoms with van der Waals surface area (Å²) in [6, 6.07) is 15.4. The van der Waals surface area contributed by atoms with Crippen molar-refractivity contribution >= 4 is 31.7 Å². The molecule has 0 heterocycles. The average molecular weight is 438 g/mol. The highest BCUT2D eigenvalue weighted by Crippen LogP contribution is 2.64. The lowest BCUT2D eigenvalue weighted by Gasteiger charge is -2.14. The second kappa shape index (κ2) is 7.13. The van der Waals surface area contributed by atoms with Gasteiger partial charge in [0.1, 0.15) is 5.41 Å². The minimum absolute atomic E-state index is 0.0940. The first-order valence-corrected chi connectivity index (χ1v) is 10.6. The highest BCUT2D eigenvalue weighted by atomic mass is 79.9. The molecule has 0 saturated heterocycles. The molecule has 138 valence electrons. The predicted molar refractivity (Wildman–Crippen MR) is 102 cm³/mol. The molecule has 0 unspecified atom stereocenters. The van der Waals surface area contributed by atoms with Crippen LogP contribution < -0.4 is 5.73 Å². The number of esters is 1. The largest absolute Gasteiger partial charge is 0.465 e. The van der Waals surface area contributed by atoms with E-state index < -0.39 is 32.4 Å². The lowest BCUT2D eigenvalue weighted by Crippen LogP contribution is -2.33. The minimum atomic E-state index is -3.75. The van der Waals surface area contributed by atoms with Crippen molar-refractivity contribution < 1.29 is 17.9 Å². The summed E-state index contributed by atoms with van der Waals surface area (Å²) in [6.45, 7) is 1.77. The van der Waals surface area contributed by atoms with Crippen molar-refractivity contribution in [3.8, 4) is 0 Å². The highest BCUT2D eigenvalue weighted by molar-refractivity contribution is 9.10. The molecule has 3 rings (SSSR count). The molecule has 0 bridgehead atoms. The molecule has 0 radical (unpaired) electrons. The number of ether oxygens (including phenoxy) is 1. The Morgan fingerprint density at radius 2 is 1.77 bits per heavy atom. The molecule has 0 spiro atoms. The molecule has 1 fully saturated rings. The fourth-order valence-electron chi connectivity index (χ4n) is 3.59. The van der Waals surface area contributed by atoms with Crippen LogP contribution in [-0.2, 0) is 19.4 Å². The average Bonchev–Trinajstić information content (AvgIpc) is 3.35. The normalized spacial score (nSPS) is 24.9. The molecule has 2 aromatic carbocycles. The van der Waals surface area contributed by atoms with Crippen LogP contribution in [0.4, 0.5) is 0 Å². The summed E-state index contributed by atoms with van der Waals surface area (Å²) >= 11 is 3.37. The maximum absolute atomic E-state index is 13.3. The molecule has 5 nitrogen and oxygen atoms in total. The third kappa shape index (κ3) is 2.98. The van der Waals surface area contributed by atoms with Crippen LogP contribution in [0.1, 0.15) is 18.4 Å². The molecule has 1 aliphatic carbocycles. The Labute approximate surface area is 161 Å². The van der Waals surface area contributed by atoms with Crippen molar-refractivity contribution in [2.45, 2.75) is 23.0 Å². The van der Waals surface area contributed by atoms with E-state index in [4.69, 9.17) is 10.5 Å². The van der Waals surface area contributed by atoms with Crippen LogP contribution >= 0.6 is 15.9 Å². The van der Waals surface area contributed by atoms with Gasteiger partial charge in [-0.2, -0.15) is 0 Å². The first-order chi connectivity index (χ1) is 12.4. The van der Waals surface area contributed by atoms with Crippen molar-refractivity contribution in [3.05, 3.63) is 64.6 Å². The number of carbonyl (C=O) groups excluding carboxylic acids is 1. The quantitative estimate of drug-likeness (QED) is 0.701. The molecule has 7 heteroatoms. The molecule has 1 aliphatic rings. The summed E-state index contributed by atoms with van der Waals surface area (Å²) < 4.78 is 32.6. The minimum Gasteiger partial charge on any atom is -0.465 e. The van der Waals surface area contributed by atoms with Gasteiger partial charge in [0.25, 0.3) is 0 Å². The second-order valence-electron chi connectivity index (χ2n) is 6.27. The Kier molecular flexibility index (Phi) is 5.23. The molecular formula is C19H20BrNO4S. The number of rotatable bonds is 6. The molecule has 0 aliphatic heterocycles. The van der Waals surface area contributed by atoms with Gasteiger partial charge in [-0.3, -0.25) is 4.79 Å². The third-order valence-corrected chi connectivity index (χ3v) is 7.70. The Balaban J connectivity index is 2.11. The molecule has 3 atom stereocenters. The first kappa shape index (κ1) is 19.1. The zero-order valence-corrected chi connectivity index (χ0v) is 16.7. The van der Waals surface area contributed by atoms with Crippen molar-refractivity contribution in [1.29, 1.82) is 0 Å². The van der Waals surface area contributed by atoms with Gasteiger partial charge >= 0.3 is 5.97 Å². The van der Waals surface area contributed by atoms with Crippen LogP contribution in [0, 0.1) is 5.41 Å². The lowest BCUT2D eigenvalue weighted by molar-refractivity contribution is -0.149. The van der Waals surface area contributed by atoms with E-state index in [1.54, 1.807) is 37.3 Å². The second-order valence-corrected chi connectivity index (χ2v) is 9.26. The standard InChI is InChI=1S/C19H20BrNO4S/c1-2-25-18(22)19(12-21)16(13-8-10-14(20)11-9-13)17(19)26(23,24)15-6-4-3-5-7-15/h3-11,16-17H,2,12,21H2,1H3/t16-,17-,19-/m1/s1. The molecule has 2 N–H and O–H groups in total. The van der Waals surface area contributed by atoms with Crippen LogP contribution in [0.3, 0.4) is 0 Å². The van der Waals surface area contributed by atoms with Gasteiger partial charge in [0.05, 0.1) is 16.8 Å². The number of hydrogen-bond acceptors (Lipinski definition) is 5. The maximum atomic E-state index is 13.3. The van der Waals surface area contributed by atoms with E-state index in [2.05, 4.69) is 15.9 Å². The van der Waals surface area contributed by atoms with Crippen LogP contribution in [0.15, 0.2) is 64.0 Å². The summed E-state index contributed by atoms with van der Waals surface area (Å²) in [5, 5.41) is -0.942. The SMILES string of the molecule is CCOC(=O)[C@]1(CN)[C@H](c2ccc(Br)cc2)[C@H]1S(=O)(=O)c1ccccc1.